The number of carboxylic acid groups (broad SMARTS) is 1. The van der Waals surface area contributed by atoms with E-state index < -0.39 is 5.97 Å². The zero-order valence-electron chi connectivity index (χ0n) is 19.3. The summed E-state index contributed by atoms with van der Waals surface area (Å²) in [5.41, 5.74) is 6.57. The SMILES string of the molecule is O=C(O)C=Cc1ccc(C(Cc2ccccc2)c2nc3ccccc3n2Cc2ccccc2)cc1. The number of hydrogen-bond donors (Lipinski definition) is 1. The fraction of sp³-hybridized carbons (Fsp3) is 0.0968. The van der Waals surface area contributed by atoms with Gasteiger partial charge in [0, 0.05) is 18.5 Å². The normalized spacial score (nSPS) is 12.2. The summed E-state index contributed by atoms with van der Waals surface area (Å²) in [7, 11) is 0. The molecule has 0 aliphatic carbocycles. The van der Waals surface area contributed by atoms with E-state index in [4.69, 9.17) is 10.1 Å². The number of imidazole rings is 1. The van der Waals surface area contributed by atoms with E-state index in [-0.39, 0.29) is 5.92 Å². The predicted octanol–water partition coefficient (Wildman–Crippen LogP) is 6.56. The van der Waals surface area contributed by atoms with E-state index in [9.17, 15) is 4.79 Å². The van der Waals surface area contributed by atoms with Crippen molar-refractivity contribution in [2.75, 3.05) is 0 Å². The van der Waals surface area contributed by atoms with Crippen LogP contribution in [-0.4, -0.2) is 20.6 Å². The van der Waals surface area contributed by atoms with Gasteiger partial charge in [-0.05, 0) is 46.9 Å². The molecule has 0 spiro atoms. The second-order valence-corrected chi connectivity index (χ2v) is 8.61. The van der Waals surface area contributed by atoms with E-state index in [0.29, 0.717) is 0 Å². The topological polar surface area (TPSA) is 55.1 Å². The van der Waals surface area contributed by atoms with Crippen molar-refractivity contribution in [2.45, 2.75) is 18.9 Å². The highest BCUT2D eigenvalue weighted by Crippen LogP contribution is 2.32. The van der Waals surface area contributed by atoms with E-state index >= 15 is 0 Å². The van der Waals surface area contributed by atoms with Gasteiger partial charge in [0.1, 0.15) is 5.82 Å². The Morgan fingerprint density at radius 3 is 2.11 bits per heavy atom. The van der Waals surface area contributed by atoms with Crippen LogP contribution in [0.2, 0.25) is 0 Å². The van der Waals surface area contributed by atoms with Crippen molar-refractivity contribution < 1.29 is 9.90 Å². The van der Waals surface area contributed by atoms with E-state index in [1.165, 1.54) is 11.1 Å². The molecule has 5 rings (SSSR count). The number of hydrogen-bond acceptors (Lipinski definition) is 2. The molecule has 5 aromatic rings. The third kappa shape index (κ3) is 5.22. The Bertz CT molecular complexity index is 1450. The summed E-state index contributed by atoms with van der Waals surface area (Å²) in [6.45, 7) is 0.738. The Morgan fingerprint density at radius 1 is 0.800 bits per heavy atom. The van der Waals surface area contributed by atoms with Gasteiger partial charge in [-0.25, -0.2) is 9.78 Å². The quantitative estimate of drug-likeness (QED) is 0.268. The minimum atomic E-state index is -0.953. The van der Waals surface area contributed by atoms with Crippen LogP contribution in [0, 0.1) is 0 Å². The second-order valence-electron chi connectivity index (χ2n) is 8.61. The Labute approximate surface area is 204 Å². The first-order valence-corrected chi connectivity index (χ1v) is 11.7. The van der Waals surface area contributed by atoms with Crippen LogP contribution in [0.5, 0.6) is 0 Å². The van der Waals surface area contributed by atoms with Crippen molar-refractivity contribution in [3.05, 3.63) is 143 Å². The molecular weight excluding hydrogens is 432 g/mol. The van der Waals surface area contributed by atoms with E-state index in [0.717, 1.165) is 47.0 Å². The maximum Gasteiger partial charge on any atom is 0.328 e. The van der Waals surface area contributed by atoms with Crippen LogP contribution in [0.1, 0.15) is 34.0 Å². The summed E-state index contributed by atoms with van der Waals surface area (Å²) in [5.74, 6) is 0.101. The summed E-state index contributed by atoms with van der Waals surface area (Å²) in [5, 5.41) is 8.95. The lowest BCUT2D eigenvalue weighted by Crippen LogP contribution is -2.14. The molecule has 0 bridgehead atoms. The monoisotopic (exact) mass is 458 g/mol. The van der Waals surface area contributed by atoms with Crippen LogP contribution >= 0.6 is 0 Å². The number of nitrogens with zero attached hydrogens (tertiary/aromatic N) is 2. The minimum absolute atomic E-state index is 0.0333. The van der Waals surface area contributed by atoms with Gasteiger partial charge >= 0.3 is 5.97 Å². The Balaban J connectivity index is 1.61. The van der Waals surface area contributed by atoms with E-state index in [1.807, 2.05) is 30.3 Å². The van der Waals surface area contributed by atoms with E-state index in [2.05, 4.69) is 83.4 Å². The van der Waals surface area contributed by atoms with Gasteiger partial charge in [0.25, 0.3) is 0 Å². The van der Waals surface area contributed by atoms with Crippen LogP contribution in [0.3, 0.4) is 0 Å². The van der Waals surface area contributed by atoms with Gasteiger partial charge in [-0.2, -0.15) is 0 Å². The third-order valence-corrected chi connectivity index (χ3v) is 6.22. The Hall–Kier alpha value is -4.44. The first-order valence-electron chi connectivity index (χ1n) is 11.7. The number of fused-ring (bicyclic) bond motifs is 1. The first kappa shape index (κ1) is 22.4. The van der Waals surface area contributed by atoms with Gasteiger partial charge < -0.3 is 9.67 Å². The third-order valence-electron chi connectivity index (χ3n) is 6.22. The average Bonchev–Trinajstić information content (AvgIpc) is 3.25. The van der Waals surface area contributed by atoms with Gasteiger partial charge in [0.2, 0.25) is 0 Å². The number of benzene rings is 4. The van der Waals surface area contributed by atoms with Gasteiger partial charge in [-0.3, -0.25) is 0 Å². The van der Waals surface area contributed by atoms with Gasteiger partial charge in [-0.15, -0.1) is 0 Å². The molecule has 35 heavy (non-hydrogen) atoms. The summed E-state index contributed by atoms with van der Waals surface area (Å²) >= 11 is 0. The molecule has 0 aliphatic heterocycles. The standard InChI is InChI=1S/C31H26N2O2/c34-30(35)20-17-23-15-18-26(19-16-23)27(21-24-9-3-1-4-10-24)31-32-28-13-7-8-14-29(28)33(31)22-25-11-5-2-6-12-25/h1-20,27H,21-22H2,(H,34,35). The lowest BCUT2D eigenvalue weighted by molar-refractivity contribution is -0.131. The van der Waals surface area contributed by atoms with E-state index in [1.54, 1.807) is 6.08 Å². The second kappa shape index (κ2) is 10.2. The lowest BCUT2D eigenvalue weighted by atomic mass is 9.90. The molecule has 0 radical (unpaired) electrons. The zero-order valence-corrected chi connectivity index (χ0v) is 19.3. The summed E-state index contributed by atoms with van der Waals surface area (Å²) < 4.78 is 2.33. The molecule has 4 aromatic carbocycles. The summed E-state index contributed by atoms with van der Waals surface area (Å²) in [6.07, 6.45) is 3.59. The number of aromatic nitrogens is 2. The molecule has 0 saturated carbocycles. The molecule has 4 heteroatoms. The maximum atomic E-state index is 10.9. The number of carbonyl (C=O) groups is 1. The molecule has 1 unspecified atom stereocenters. The minimum Gasteiger partial charge on any atom is -0.478 e. The molecular formula is C31H26N2O2. The number of para-hydroxylation sites is 2. The Kier molecular flexibility index (Phi) is 6.53. The molecule has 172 valence electrons. The molecule has 1 atom stereocenters. The van der Waals surface area contributed by atoms with Crippen LogP contribution in [0.4, 0.5) is 0 Å². The van der Waals surface area contributed by atoms with Crippen molar-refractivity contribution in [3.8, 4) is 0 Å². The van der Waals surface area contributed by atoms with Gasteiger partial charge in [-0.1, -0.05) is 97.1 Å². The van der Waals surface area contributed by atoms with Gasteiger partial charge in [0.15, 0.2) is 0 Å². The van der Waals surface area contributed by atoms with Crippen LogP contribution in [0.25, 0.3) is 17.1 Å². The molecule has 0 fully saturated rings. The van der Waals surface area contributed by atoms with Crippen molar-refractivity contribution >= 4 is 23.1 Å². The van der Waals surface area contributed by atoms with Crippen molar-refractivity contribution in [2.24, 2.45) is 0 Å². The maximum absolute atomic E-state index is 10.9. The molecule has 0 amide bonds. The molecule has 1 aromatic heterocycles. The lowest BCUT2D eigenvalue weighted by Gasteiger charge is -2.20. The fourth-order valence-corrected chi connectivity index (χ4v) is 4.51. The van der Waals surface area contributed by atoms with Crippen molar-refractivity contribution in [3.63, 3.8) is 0 Å². The van der Waals surface area contributed by atoms with Gasteiger partial charge in [0.05, 0.1) is 11.0 Å². The summed E-state index contributed by atoms with van der Waals surface area (Å²) in [4.78, 5) is 16.0. The highest BCUT2D eigenvalue weighted by molar-refractivity contribution is 5.85. The number of carboxylic acids is 1. The highest BCUT2D eigenvalue weighted by atomic mass is 16.4. The molecule has 4 nitrogen and oxygen atoms in total. The van der Waals surface area contributed by atoms with Crippen molar-refractivity contribution in [1.82, 2.24) is 9.55 Å². The molecule has 0 saturated heterocycles. The van der Waals surface area contributed by atoms with Crippen molar-refractivity contribution in [1.29, 1.82) is 0 Å². The number of aliphatic carboxylic acids is 1. The first-order chi connectivity index (χ1) is 17.2. The predicted molar refractivity (Wildman–Crippen MR) is 140 cm³/mol. The van der Waals surface area contributed by atoms with Crippen LogP contribution < -0.4 is 0 Å². The Morgan fingerprint density at radius 2 is 1.43 bits per heavy atom. The largest absolute Gasteiger partial charge is 0.478 e. The summed E-state index contributed by atoms with van der Waals surface area (Å²) in [6, 6.07) is 37.3. The zero-order chi connectivity index (χ0) is 24.0. The number of rotatable bonds is 8. The molecule has 1 N–H and O–H groups in total. The van der Waals surface area contributed by atoms with Crippen LogP contribution in [0.15, 0.2) is 115 Å². The average molecular weight is 459 g/mol. The molecule has 0 aliphatic rings. The van der Waals surface area contributed by atoms with Crippen LogP contribution in [-0.2, 0) is 17.8 Å². The fourth-order valence-electron chi connectivity index (χ4n) is 4.51. The highest BCUT2D eigenvalue weighted by Gasteiger charge is 2.23. The smallest absolute Gasteiger partial charge is 0.328 e. The molecule has 1 heterocycles.